The van der Waals surface area contributed by atoms with E-state index >= 15 is 0 Å². The second-order valence-electron chi connectivity index (χ2n) is 2.76. The lowest BCUT2D eigenvalue weighted by atomic mass is 10.4. The lowest BCUT2D eigenvalue weighted by Gasteiger charge is -2.01. The zero-order valence-corrected chi connectivity index (χ0v) is 7.82. The highest BCUT2D eigenvalue weighted by Crippen LogP contribution is 1.93. The summed E-state index contributed by atoms with van der Waals surface area (Å²) in [5.74, 6) is -0.296. The van der Waals surface area contributed by atoms with Crippen LogP contribution in [0.4, 0.5) is 0 Å². The van der Waals surface area contributed by atoms with Crippen LogP contribution in [0.5, 0.6) is 0 Å². The molecule has 1 heterocycles. The van der Waals surface area contributed by atoms with Gasteiger partial charge in [-0.2, -0.15) is 5.26 Å². The minimum absolute atomic E-state index is 0.126. The first-order valence-electron chi connectivity index (χ1n) is 4.13. The number of hydrogen-bond donors (Lipinski definition) is 1. The molecule has 0 bridgehead atoms. The van der Waals surface area contributed by atoms with Gasteiger partial charge in [0.15, 0.2) is 0 Å². The fourth-order valence-corrected chi connectivity index (χ4v) is 0.834. The lowest BCUT2D eigenvalue weighted by molar-refractivity contribution is -0.120. The number of nitrogens with one attached hydrogen (secondary N) is 1. The van der Waals surface area contributed by atoms with Gasteiger partial charge in [0.05, 0.1) is 30.2 Å². The molecule has 1 amide bonds. The summed E-state index contributed by atoms with van der Waals surface area (Å²) >= 11 is 0. The van der Waals surface area contributed by atoms with Gasteiger partial charge in [-0.25, -0.2) is 0 Å². The van der Waals surface area contributed by atoms with Crippen molar-refractivity contribution >= 4 is 5.91 Å². The lowest BCUT2D eigenvalue weighted by Crippen LogP contribution is -2.22. The summed E-state index contributed by atoms with van der Waals surface area (Å²) in [5.41, 5.74) is 1.51. The highest BCUT2D eigenvalue weighted by atomic mass is 16.1. The Morgan fingerprint density at radius 1 is 1.57 bits per heavy atom. The van der Waals surface area contributed by atoms with Crippen LogP contribution < -0.4 is 5.32 Å². The number of rotatable bonds is 3. The smallest absolute Gasteiger partial charge is 0.234 e. The second kappa shape index (κ2) is 4.92. The van der Waals surface area contributed by atoms with Crippen molar-refractivity contribution in [1.29, 1.82) is 5.26 Å². The van der Waals surface area contributed by atoms with Crippen LogP contribution in [0.15, 0.2) is 12.4 Å². The van der Waals surface area contributed by atoms with E-state index < -0.39 is 0 Å². The van der Waals surface area contributed by atoms with Gasteiger partial charge in [-0.05, 0) is 6.92 Å². The molecule has 0 aliphatic rings. The van der Waals surface area contributed by atoms with Gasteiger partial charge in [0.1, 0.15) is 6.42 Å². The minimum atomic E-state index is -0.296. The van der Waals surface area contributed by atoms with Crippen LogP contribution in [0.2, 0.25) is 0 Å². The summed E-state index contributed by atoms with van der Waals surface area (Å²) in [4.78, 5) is 19.0. The minimum Gasteiger partial charge on any atom is -0.349 e. The Hall–Kier alpha value is -1.96. The standard InChI is InChI=1S/C9H10N4O/c1-7-4-12-8(5-11-7)6-13-9(14)2-3-10/h4-5H,2,6H2,1H3,(H,13,14). The molecule has 1 rings (SSSR count). The number of aryl methyl sites for hydroxylation is 1. The number of carbonyl (C=O) groups is 1. The molecule has 1 aromatic rings. The van der Waals surface area contributed by atoms with Crippen molar-refractivity contribution in [2.45, 2.75) is 19.9 Å². The number of carbonyl (C=O) groups excluding carboxylic acids is 1. The third-order valence-corrected chi connectivity index (χ3v) is 1.54. The summed E-state index contributed by atoms with van der Waals surface area (Å²) in [6.07, 6.45) is 3.10. The quantitative estimate of drug-likeness (QED) is 0.744. The summed E-state index contributed by atoms with van der Waals surface area (Å²) in [6.45, 7) is 2.15. The van der Waals surface area contributed by atoms with Crippen molar-refractivity contribution in [3.63, 3.8) is 0 Å². The first-order valence-corrected chi connectivity index (χ1v) is 4.13. The van der Waals surface area contributed by atoms with E-state index in [1.807, 2.05) is 6.92 Å². The van der Waals surface area contributed by atoms with Crippen LogP contribution in [0, 0.1) is 18.3 Å². The van der Waals surface area contributed by atoms with Crippen molar-refractivity contribution in [2.75, 3.05) is 0 Å². The van der Waals surface area contributed by atoms with Gasteiger partial charge in [0.2, 0.25) is 5.91 Å². The number of nitriles is 1. The second-order valence-corrected chi connectivity index (χ2v) is 2.76. The van der Waals surface area contributed by atoms with Gasteiger partial charge in [-0.3, -0.25) is 14.8 Å². The molecule has 5 heteroatoms. The molecule has 5 nitrogen and oxygen atoms in total. The molecule has 0 aliphatic carbocycles. The average molecular weight is 190 g/mol. The average Bonchev–Trinajstić information content (AvgIpc) is 2.17. The Bertz CT molecular complexity index is 352. The maximum absolute atomic E-state index is 10.9. The van der Waals surface area contributed by atoms with Crippen molar-refractivity contribution in [1.82, 2.24) is 15.3 Å². The molecule has 0 spiro atoms. The van der Waals surface area contributed by atoms with E-state index in [2.05, 4.69) is 15.3 Å². The molecule has 0 fully saturated rings. The van der Waals surface area contributed by atoms with Gasteiger partial charge >= 0.3 is 0 Å². The zero-order valence-electron chi connectivity index (χ0n) is 7.82. The van der Waals surface area contributed by atoms with Crippen LogP contribution in [-0.2, 0) is 11.3 Å². The van der Waals surface area contributed by atoms with Gasteiger partial charge < -0.3 is 5.32 Å². The molecule has 0 saturated heterocycles. The van der Waals surface area contributed by atoms with Gasteiger partial charge in [0.25, 0.3) is 0 Å². The van der Waals surface area contributed by atoms with Crippen LogP contribution in [0.3, 0.4) is 0 Å². The summed E-state index contributed by atoms with van der Waals surface area (Å²) in [6, 6.07) is 1.76. The van der Waals surface area contributed by atoms with Crippen LogP contribution in [0.25, 0.3) is 0 Å². The maximum atomic E-state index is 10.9. The van der Waals surface area contributed by atoms with Crippen molar-refractivity contribution in [3.05, 3.63) is 23.8 Å². The molecular formula is C9H10N4O. The third kappa shape index (κ3) is 3.19. The van der Waals surface area contributed by atoms with Crippen LogP contribution in [0.1, 0.15) is 17.8 Å². The Morgan fingerprint density at radius 3 is 2.93 bits per heavy atom. The molecule has 0 unspecified atom stereocenters. The first-order chi connectivity index (χ1) is 6.72. The van der Waals surface area contributed by atoms with E-state index in [0.717, 1.165) is 5.69 Å². The van der Waals surface area contributed by atoms with E-state index in [1.54, 1.807) is 18.5 Å². The largest absolute Gasteiger partial charge is 0.349 e. The highest BCUT2D eigenvalue weighted by molar-refractivity contribution is 5.77. The summed E-state index contributed by atoms with van der Waals surface area (Å²) < 4.78 is 0. The maximum Gasteiger partial charge on any atom is 0.234 e. The molecule has 1 N–H and O–H groups in total. The Kier molecular flexibility index (Phi) is 3.56. The monoisotopic (exact) mass is 190 g/mol. The van der Waals surface area contributed by atoms with Gasteiger partial charge in [-0.15, -0.1) is 0 Å². The summed E-state index contributed by atoms with van der Waals surface area (Å²) in [5, 5.41) is 10.8. The van der Waals surface area contributed by atoms with Crippen molar-refractivity contribution in [3.8, 4) is 6.07 Å². The van der Waals surface area contributed by atoms with Crippen molar-refractivity contribution < 1.29 is 4.79 Å². The topological polar surface area (TPSA) is 78.7 Å². The van der Waals surface area contributed by atoms with E-state index in [0.29, 0.717) is 12.2 Å². The fourth-order valence-electron chi connectivity index (χ4n) is 0.834. The number of nitrogens with zero attached hydrogens (tertiary/aromatic N) is 3. The highest BCUT2D eigenvalue weighted by Gasteiger charge is 2.00. The zero-order chi connectivity index (χ0) is 10.4. The molecule has 1 aromatic heterocycles. The SMILES string of the molecule is Cc1cnc(CNC(=O)CC#N)cn1. The number of hydrogen-bond acceptors (Lipinski definition) is 4. The Morgan fingerprint density at radius 2 is 2.36 bits per heavy atom. The van der Waals surface area contributed by atoms with Crippen LogP contribution in [-0.4, -0.2) is 15.9 Å². The van der Waals surface area contributed by atoms with Gasteiger partial charge in [-0.1, -0.05) is 0 Å². The van der Waals surface area contributed by atoms with E-state index in [4.69, 9.17) is 5.26 Å². The summed E-state index contributed by atoms with van der Waals surface area (Å²) in [7, 11) is 0. The predicted molar refractivity (Wildman–Crippen MR) is 48.8 cm³/mol. The van der Waals surface area contributed by atoms with E-state index in [-0.39, 0.29) is 12.3 Å². The molecule has 0 aromatic carbocycles. The normalized spacial score (nSPS) is 9.14. The van der Waals surface area contributed by atoms with E-state index in [1.165, 1.54) is 0 Å². The molecule has 0 saturated carbocycles. The molecule has 72 valence electrons. The van der Waals surface area contributed by atoms with Crippen LogP contribution >= 0.6 is 0 Å². The first kappa shape index (κ1) is 10.1. The molecule has 14 heavy (non-hydrogen) atoms. The number of amides is 1. The van der Waals surface area contributed by atoms with Gasteiger partial charge in [0, 0.05) is 6.20 Å². The Balaban J connectivity index is 2.43. The Labute approximate surface area is 81.8 Å². The third-order valence-electron chi connectivity index (χ3n) is 1.54. The number of aromatic nitrogens is 2. The predicted octanol–water partition coefficient (Wildman–Crippen LogP) is 0.315. The molecule has 0 aliphatic heterocycles. The molecule has 0 radical (unpaired) electrons. The van der Waals surface area contributed by atoms with Crippen molar-refractivity contribution in [2.24, 2.45) is 0 Å². The fraction of sp³-hybridized carbons (Fsp3) is 0.333. The van der Waals surface area contributed by atoms with E-state index in [9.17, 15) is 4.79 Å². The molecular weight excluding hydrogens is 180 g/mol. The molecule has 0 atom stereocenters.